The molecule has 1 fully saturated rings. The fourth-order valence-electron chi connectivity index (χ4n) is 2.93. The molecule has 1 aromatic rings. The van der Waals surface area contributed by atoms with Gasteiger partial charge in [-0.3, -0.25) is 10.1 Å². The summed E-state index contributed by atoms with van der Waals surface area (Å²) in [4.78, 5) is 12.9. The van der Waals surface area contributed by atoms with Gasteiger partial charge in [-0.15, -0.1) is 0 Å². The summed E-state index contributed by atoms with van der Waals surface area (Å²) in [5, 5.41) is 11.0. The fourth-order valence-corrected chi connectivity index (χ4v) is 2.93. The van der Waals surface area contributed by atoms with Gasteiger partial charge in [-0.2, -0.15) is 0 Å². The van der Waals surface area contributed by atoms with E-state index in [4.69, 9.17) is 10.5 Å². The smallest absolute Gasteiger partial charge is 0.311 e. The fraction of sp³-hybridized carbons (Fsp3) is 0.600. The molecule has 1 aromatic carbocycles. The number of hydrogen-bond acceptors (Lipinski definition) is 5. The van der Waals surface area contributed by atoms with Crippen molar-refractivity contribution in [2.24, 2.45) is 5.73 Å². The van der Waals surface area contributed by atoms with Gasteiger partial charge in [0.25, 0.3) is 0 Å². The lowest BCUT2D eigenvalue weighted by Crippen LogP contribution is -2.49. The number of benzene rings is 1. The molecule has 6 nitrogen and oxygen atoms in total. The van der Waals surface area contributed by atoms with Crippen molar-refractivity contribution in [2.45, 2.75) is 45.2 Å². The molecule has 0 spiro atoms. The van der Waals surface area contributed by atoms with Crippen molar-refractivity contribution in [1.82, 2.24) is 0 Å². The molecule has 1 aliphatic rings. The first kappa shape index (κ1) is 15.6. The normalized spacial score (nSPS) is 20.1. The molecule has 0 radical (unpaired) electrons. The highest BCUT2D eigenvalue weighted by Gasteiger charge is 2.27. The summed E-state index contributed by atoms with van der Waals surface area (Å²) in [6.45, 7) is 5.16. The highest BCUT2D eigenvalue weighted by molar-refractivity contribution is 5.60. The first-order valence-electron chi connectivity index (χ1n) is 7.48. The van der Waals surface area contributed by atoms with Gasteiger partial charge in [-0.1, -0.05) is 0 Å². The highest BCUT2D eigenvalue weighted by Crippen LogP contribution is 2.34. The van der Waals surface area contributed by atoms with E-state index in [1.54, 1.807) is 12.1 Å². The summed E-state index contributed by atoms with van der Waals surface area (Å²) in [5.74, 6) is 0.328. The number of anilines is 1. The van der Waals surface area contributed by atoms with Crippen LogP contribution in [0.4, 0.5) is 11.4 Å². The Labute approximate surface area is 125 Å². The summed E-state index contributed by atoms with van der Waals surface area (Å²) >= 11 is 0. The van der Waals surface area contributed by atoms with E-state index in [-0.39, 0.29) is 17.8 Å². The molecule has 1 saturated heterocycles. The topological polar surface area (TPSA) is 81.6 Å². The van der Waals surface area contributed by atoms with Crippen molar-refractivity contribution in [1.29, 1.82) is 0 Å². The Morgan fingerprint density at radius 1 is 1.52 bits per heavy atom. The molecule has 2 atom stereocenters. The van der Waals surface area contributed by atoms with Crippen molar-refractivity contribution in [3.8, 4) is 5.75 Å². The number of nitro groups is 1. The first-order valence-corrected chi connectivity index (χ1v) is 7.48. The third-order valence-electron chi connectivity index (χ3n) is 3.93. The summed E-state index contributed by atoms with van der Waals surface area (Å²) in [6, 6.07) is 5.42. The number of ether oxygens (including phenoxy) is 1. The molecule has 0 amide bonds. The van der Waals surface area contributed by atoms with Crippen LogP contribution < -0.4 is 15.4 Å². The van der Waals surface area contributed by atoms with E-state index in [0.29, 0.717) is 12.4 Å². The Bertz CT molecular complexity index is 505. The largest absolute Gasteiger partial charge is 0.487 e. The van der Waals surface area contributed by atoms with Crippen LogP contribution in [0.2, 0.25) is 0 Å². The standard InChI is InChI=1S/C15H23N3O3/c1-3-21-15-10-12(7-8-14(15)18(19)20)17-9-5-4-6-13(17)11(2)16/h7-8,10-11,13H,3-6,9,16H2,1-2H3. The first-order chi connectivity index (χ1) is 10.0. The highest BCUT2D eigenvalue weighted by atomic mass is 16.6. The minimum absolute atomic E-state index is 0.00922. The Kier molecular flexibility index (Phi) is 5.01. The number of nitro benzene ring substituents is 1. The van der Waals surface area contributed by atoms with Gasteiger partial charge in [0.2, 0.25) is 0 Å². The lowest BCUT2D eigenvalue weighted by atomic mass is 9.96. The number of nitrogens with zero attached hydrogens (tertiary/aromatic N) is 2. The summed E-state index contributed by atoms with van der Waals surface area (Å²) in [6.07, 6.45) is 3.34. The third kappa shape index (κ3) is 3.44. The summed E-state index contributed by atoms with van der Waals surface area (Å²) in [7, 11) is 0. The van der Waals surface area contributed by atoms with Crippen LogP contribution in [0.1, 0.15) is 33.1 Å². The average Bonchev–Trinajstić information content (AvgIpc) is 2.47. The molecular formula is C15H23N3O3. The van der Waals surface area contributed by atoms with Crippen LogP contribution >= 0.6 is 0 Å². The molecule has 0 saturated carbocycles. The minimum Gasteiger partial charge on any atom is -0.487 e. The number of rotatable bonds is 5. The van der Waals surface area contributed by atoms with E-state index >= 15 is 0 Å². The van der Waals surface area contributed by atoms with Crippen LogP contribution in [0, 0.1) is 10.1 Å². The molecule has 2 N–H and O–H groups in total. The van der Waals surface area contributed by atoms with E-state index in [1.165, 1.54) is 12.5 Å². The van der Waals surface area contributed by atoms with Crippen molar-refractivity contribution in [3.63, 3.8) is 0 Å². The van der Waals surface area contributed by atoms with Gasteiger partial charge < -0.3 is 15.4 Å². The van der Waals surface area contributed by atoms with E-state index in [2.05, 4.69) is 4.90 Å². The maximum absolute atomic E-state index is 11.0. The minimum atomic E-state index is -0.409. The predicted molar refractivity (Wildman–Crippen MR) is 82.9 cm³/mol. The van der Waals surface area contributed by atoms with Crippen molar-refractivity contribution < 1.29 is 9.66 Å². The predicted octanol–water partition coefficient (Wildman–Crippen LogP) is 2.70. The Hall–Kier alpha value is -1.82. The van der Waals surface area contributed by atoms with Crippen LogP contribution in [0.5, 0.6) is 5.75 Å². The average molecular weight is 293 g/mol. The second-order valence-corrected chi connectivity index (χ2v) is 5.46. The van der Waals surface area contributed by atoms with Gasteiger partial charge in [0.05, 0.1) is 11.5 Å². The maximum atomic E-state index is 11.0. The van der Waals surface area contributed by atoms with Crippen LogP contribution in [0.25, 0.3) is 0 Å². The second kappa shape index (κ2) is 6.76. The molecule has 1 aliphatic heterocycles. The molecule has 21 heavy (non-hydrogen) atoms. The van der Waals surface area contributed by atoms with Gasteiger partial charge in [0, 0.05) is 36.4 Å². The van der Waals surface area contributed by atoms with Gasteiger partial charge in [-0.05, 0) is 39.2 Å². The van der Waals surface area contributed by atoms with Gasteiger partial charge in [0.1, 0.15) is 0 Å². The Balaban J connectivity index is 2.34. The lowest BCUT2D eigenvalue weighted by molar-refractivity contribution is -0.385. The quantitative estimate of drug-likeness (QED) is 0.666. The number of nitrogens with two attached hydrogens (primary N) is 1. The molecule has 0 aromatic heterocycles. The van der Waals surface area contributed by atoms with Gasteiger partial charge in [-0.25, -0.2) is 0 Å². The van der Waals surface area contributed by atoms with Crippen LogP contribution in [0.15, 0.2) is 18.2 Å². The molecular weight excluding hydrogens is 270 g/mol. The van der Waals surface area contributed by atoms with Crippen LogP contribution in [0.3, 0.4) is 0 Å². The monoisotopic (exact) mass is 293 g/mol. The summed E-state index contributed by atoms with van der Waals surface area (Å²) < 4.78 is 5.43. The summed E-state index contributed by atoms with van der Waals surface area (Å²) in [5.41, 5.74) is 7.05. The van der Waals surface area contributed by atoms with E-state index in [1.807, 2.05) is 13.8 Å². The van der Waals surface area contributed by atoms with E-state index in [9.17, 15) is 10.1 Å². The second-order valence-electron chi connectivity index (χ2n) is 5.46. The van der Waals surface area contributed by atoms with E-state index in [0.717, 1.165) is 25.1 Å². The van der Waals surface area contributed by atoms with Crippen LogP contribution in [-0.2, 0) is 0 Å². The van der Waals surface area contributed by atoms with Crippen molar-refractivity contribution in [3.05, 3.63) is 28.3 Å². The Morgan fingerprint density at radius 2 is 2.29 bits per heavy atom. The zero-order valence-electron chi connectivity index (χ0n) is 12.6. The molecule has 116 valence electrons. The molecule has 2 rings (SSSR count). The zero-order valence-corrected chi connectivity index (χ0v) is 12.6. The van der Waals surface area contributed by atoms with Crippen LogP contribution in [-0.4, -0.2) is 30.2 Å². The zero-order chi connectivity index (χ0) is 15.4. The number of piperidine rings is 1. The lowest BCUT2D eigenvalue weighted by Gasteiger charge is -2.39. The van der Waals surface area contributed by atoms with Crippen molar-refractivity contribution in [2.75, 3.05) is 18.1 Å². The van der Waals surface area contributed by atoms with E-state index < -0.39 is 4.92 Å². The maximum Gasteiger partial charge on any atom is 0.311 e. The van der Waals surface area contributed by atoms with Gasteiger partial charge >= 0.3 is 5.69 Å². The third-order valence-corrected chi connectivity index (χ3v) is 3.93. The Morgan fingerprint density at radius 3 is 2.90 bits per heavy atom. The molecule has 0 bridgehead atoms. The van der Waals surface area contributed by atoms with Crippen molar-refractivity contribution >= 4 is 11.4 Å². The molecule has 2 unspecified atom stereocenters. The van der Waals surface area contributed by atoms with Gasteiger partial charge in [0.15, 0.2) is 5.75 Å². The molecule has 1 heterocycles. The molecule has 6 heteroatoms. The molecule has 0 aliphatic carbocycles. The number of hydrogen-bond donors (Lipinski definition) is 1. The SMILES string of the molecule is CCOc1cc(N2CCCCC2C(C)N)ccc1[N+](=O)[O-].